The van der Waals surface area contributed by atoms with Crippen LogP contribution < -0.4 is 28.4 Å². The molecule has 6 heterocycles. The molecule has 0 saturated carbocycles. The Balaban J connectivity index is 1.10. The Morgan fingerprint density at radius 3 is 0.927 bits per heavy atom. The first-order chi connectivity index (χ1) is 47.4. The van der Waals surface area contributed by atoms with Crippen LogP contribution in [0.5, 0.6) is 34.5 Å². The summed E-state index contributed by atoms with van der Waals surface area (Å²) in [4.78, 5) is 11.1. The molecule has 3 aromatic carbocycles. The fourth-order valence-corrected chi connectivity index (χ4v) is 16.2. The normalized spacial score (nSPS) is 11.5. The van der Waals surface area contributed by atoms with Crippen LogP contribution in [0.1, 0.15) is 0 Å². The molecule has 0 saturated heterocycles. The van der Waals surface area contributed by atoms with Gasteiger partial charge in [0, 0.05) is 110 Å². The summed E-state index contributed by atoms with van der Waals surface area (Å²) in [5, 5.41) is 4.24. The van der Waals surface area contributed by atoms with Crippen LogP contribution in [0.2, 0.25) is 0 Å². The monoisotopic (exact) mass is 1430 g/mol. The largest absolute Gasteiger partial charge is 0.491 e. The zero-order valence-electron chi connectivity index (χ0n) is 55.3. The summed E-state index contributed by atoms with van der Waals surface area (Å²) in [7, 11) is 9.96. The highest BCUT2D eigenvalue weighted by atomic mass is 32.1. The van der Waals surface area contributed by atoms with Gasteiger partial charge in [0.2, 0.25) is 0 Å². The standard InChI is InChI=1S/C72H86O18S6/c1-73-20-26-79-32-38-85-51-9-12-60(88-41-35-82-29-23-76-4)55(46-51)54-19-45-92-70(54)66-17-15-63(93-66)69-50-59(57-48-53(87-40-34-81-28-22-75-3)11-14-62(57)90-43-37-84-31-25-78-6)72(96-69)67-18-16-64(94-67)68-49-58(71(95-68)65-8-7-44-91-65)56-47-52(86-39-33-80-27-21-74-2)10-13-61(56)89-42-36-83-30-24-77-5/h7-19,44-50H,20-43H2,1-6H3. The number of hydrogen-bond donors (Lipinski definition) is 0. The van der Waals surface area contributed by atoms with E-state index in [9.17, 15) is 0 Å². The molecule has 24 heteroatoms. The Morgan fingerprint density at radius 2 is 0.562 bits per heavy atom. The van der Waals surface area contributed by atoms with Gasteiger partial charge >= 0.3 is 0 Å². The summed E-state index contributed by atoms with van der Waals surface area (Å²) < 4.78 is 105. The average molecular weight is 1430 g/mol. The molecule has 96 heavy (non-hydrogen) atoms. The molecule has 9 aromatic rings. The summed E-state index contributed by atoms with van der Waals surface area (Å²) >= 11 is 10.4. The summed E-state index contributed by atoms with van der Waals surface area (Å²) in [5.41, 5.74) is 5.78. The molecular formula is C72H86O18S6. The predicted octanol–water partition coefficient (Wildman–Crippen LogP) is 15.6. The van der Waals surface area contributed by atoms with Crippen molar-refractivity contribution in [3.05, 3.63) is 120 Å². The second-order valence-corrected chi connectivity index (χ2v) is 27.0. The molecule has 0 fully saturated rings. The van der Waals surface area contributed by atoms with Crippen molar-refractivity contribution in [2.24, 2.45) is 0 Å². The van der Waals surface area contributed by atoms with Gasteiger partial charge in [0.1, 0.15) is 74.1 Å². The van der Waals surface area contributed by atoms with Crippen molar-refractivity contribution < 1.29 is 85.3 Å². The van der Waals surface area contributed by atoms with Gasteiger partial charge in [-0.05, 0) is 114 Å². The summed E-state index contributed by atoms with van der Waals surface area (Å²) in [6.45, 7) is 10.5. The molecule has 9 rings (SSSR count). The molecule has 0 unspecified atom stereocenters. The molecule has 518 valence electrons. The van der Waals surface area contributed by atoms with Crippen LogP contribution in [0.25, 0.3) is 82.2 Å². The van der Waals surface area contributed by atoms with Crippen molar-refractivity contribution in [1.82, 2.24) is 0 Å². The maximum atomic E-state index is 6.66. The highest BCUT2D eigenvalue weighted by molar-refractivity contribution is 7.30. The van der Waals surface area contributed by atoms with Crippen LogP contribution in [0, 0.1) is 0 Å². The third-order valence-corrected chi connectivity index (χ3v) is 21.4. The van der Waals surface area contributed by atoms with Crippen molar-refractivity contribution in [2.45, 2.75) is 0 Å². The minimum atomic E-state index is 0.324. The smallest absolute Gasteiger partial charge is 0.127 e. The van der Waals surface area contributed by atoms with E-state index in [4.69, 9.17) is 85.3 Å². The van der Waals surface area contributed by atoms with Gasteiger partial charge in [-0.15, -0.1) is 68.0 Å². The molecule has 0 aliphatic heterocycles. The van der Waals surface area contributed by atoms with Gasteiger partial charge in [-0.1, -0.05) is 6.07 Å². The molecule has 0 aliphatic carbocycles. The Bertz CT molecular complexity index is 3630. The van der Waals surface area contributed by atoms with Crippen molar-refractivity contribution in [1.29, 1.82) is 0 Å². The van der Waals surface area contributed by atoms with E-state index < -0.39 is 0 Å². The molecule has 0 bridgehead atoms. The number of hydrogen-bond acceptors (Lipinski definition) is 24. The molecule has 18 nitrogen and oxygen atoms in total. The molecular weight excluding hydrogens is 1350 g/mol. The first kappa shape index (κ1) is 74.4. The van der Waals surface area contributed by atoms with Crippen LogP contribution in [-0.4, -0.2) is 201 Å². The summed E-state index contributed by atoms with van der Waals surface area (Å²) in [5.74, 6) is 4.24. The summed E-state index contributed by atoms with van der Waals surface area (Å²) in [6, 6.07) is 37.9. The Hall–Kier alpha value is -5.82. The van der Waals surface area contributed by atoms with Gasteiger partial charge in [0.15, 0.2) is 0 Å². The maximum Gasteiger partial charge on any atom is 0.127 e. The summed E-state index contributed by atoms with van der Waals surface area (Å²) in [6.07, 6.45) is 0. The third kappa shape index (κ3) is 22.6. The minimum absolute atomic E-state index is 0.324. The van der Waals surface area contributed by atoms with Crippen LogP contribution in [0.15, 0.2) is 120 Å². The van der Waals surface area contributed by atoms with E-state index in [0.29, 0.717) is 182 Å². The Labute approximate surface area is 587 Å². The first-order valence-electron chi connectivity index (χ1n) is 31.6. The fraction of sp³-hybridized carbons (Fsp3) is 0.417. The number of thiophene rings is 6. The van der Waals surface area contributed by atoms with Crippen molar-refractivity contribution in [2.75, 3.05) is 201 Å². The first-order valence-corrected chi connectivity index (χ1v) is 36.7. The van der Waals surface area contributed by atoms with E-state index in [1.54, 1.807) is 111 Å². The van der Waals surface area contributed by atoms with Crippen molar-refractivity contribution in [3.8, 4) is 117 Å². The number of ether oxygens (including phenoxy) is 18. The van der Waals surface area contributed by atoms with E-state index >= 15 is 0 Å². The molecule has 0 N–H and O–H groups in total. The zero-order valence-corrected chi connectivity index (χ0v) is 60.2. The van der Waals surface area contributed by atoms with Crippen LogP contribution in [-0.2, 0) is 56.8 Å². The minimum Gasteiger partial charge on any atom is -0.491 e. The lowest BCUT2D eigenvalue weighted by molar-refractivity contribution is 0.0539. The molecule has 6 aromatic heterocycles. The third-order valence-electron chi connectivity index (χ3n) is 14.3. The van der Waals surface area contributed by atoms with Crippen LogP contribution >= 0.6 is 68.0 Å². The maximum absolute atomic E-state index is 6.66. The molecule has 0 amide bonds. The molecule has 0 radical (unpaired) electrons. The van der Waals surface area contributed by atoms with Gasteiger partial charge in [-0.3, -0.25) is 0 Å². The van der Waals surface area contributed by atoms with Crippen LogP contribution in [0.3, 0.4) is 0 Å². The van der Waals surface area contributed by atoms with Crippen molar-refractivity contribution in [3.63, 3.8) is 0 Å². The lowest BCUT2D eigenvalue weighted by Gasteiger charge is -2.15. The van der Waals surface area contributed by atoms with Crippen molar-refractivity contribution >= 4 is 68.0 Å². The van der Waals surface area contributed by atoms with Gasteiger partial charge in [0.25, 0.3) is 0 Å². The van der Waals surface area contributed by atoms with Gasteiger partial charge in [-0.25, -0.2) is 0 Å². The molecule has 0 spiro atoms. The van der Waals surface area contributed by atoms with Gasteiger partial charge < -0.3 is 85.3 Å². The lowest BCUT2D eigenvalue weighted by atomic mass is 10.0. The topological polar surface area (TPSA) is 166 Å². The molecule has 0 atom stereocenters. The highest BCUT2D eigenvalue weighted by Crippen LogP contribution is 2.54. The Morgan fingerprint density at radius 1 is 0.229 bits per heavy atom. The zero-order chi connectivity index (χ0) is 66.8. The van der Waals surface area contributed by atoms with E-state index in [1.807, 2.05) is 42.5 Å². The molecule has 0 aliphatic rings. The average Bonchev–Trinajstić information content (AvgIpc) is 1.62. The van der Waals surface area contributed by atoms with E-state index in [1.165, 1.54) is 0 Å². The predicted molar refractivity (Wildman–Crippen MR) is 386 cm³/mol. The lowest BCUT2D eigenvalue weighted by Crippen LogP contribution is -2.11. The van der Waals surface area contributed by atoms with E-state index in [2.05, 4.69) is 77.5 Å². The number of rotatable bonds is 50. The van der Waals surface area contributed by atoms with Gasteiger partial charge in [0.05, 0.1) is 134 Å². The highest BCUT2D eigenvalue weighted by Gasteiger charge is 2.25. The van der Waals surface area contributed by atoms with E-state index in [-0.39, 0.29) is 0 Å². The second kappa shape index (κ2) is 42.2. The van der Waals surface area contributed by atoms with Gasteiger partial charge in [-0.2, -0.15) is 0 Å². The SMILES string of the molecule is COCCOCCOc1ccc(OCCOCCOC)c(-c2ccsc2-c2ccc(-c3cc(-c4cc(OCCOCCOC)ccc4OCCOCCOC)c(-c4ccc(-c5cc(-c6cc(OCCOCCOC)ccc6OCCOCCOC)c(-c6cccs6)s5)s4)s3)s2)c1. The fourth-order valence-electron chi connectivity index (χ4n) is 9.65. The Kier molecular flexibility index (Phi) is 32.7. The van der Waals surface area contributed by atoms with E-state index in [0.717, 1.165) is 93.7 Å². The quantitative estimate of drug-likeness (QED) is 0.0330. The second-order valence-electron chi connectivity index (χ2n) is 20.9. The number of methoxy groups -OCH3 is 6. The van der Waals surface area contributed by atoms with Crippen LogP contribution in [0.4, 0.5) is 0 Å². The number of benzene rings is 3.